The number of nitrogens with one attached hydrogen (secondary N) is 3. The van der Waals surface area contributed by atoms with Gasteiger partial charge >= 0.3 is 12.0 Å². The minimum Gasteiger partial charge on any atom is -0.480 e. The molecule has 1 atom stereocenters. The third-order valence-corrected chi connectivity index (χ3v) is 2.88. The molecular formula is C14H16N4O3. The Labute approximate surface area is 121 Å². The minimum absolute atomic E-state index is 0.230. The molecule has 0 aliphatic rings. The number of amides is 2. The lowest BCUT2D eigenvalue weighted by atomic mass is 10.1. The number of urea groups is 1. The van der Waals surface area contributed by atoms with Crippen LogP contribution in [0.25, 0.3) is 0 Å². The van der Waals surface area contributed by atoms with Gasteiger partial charge in [0, 0.05) is 12.6 Å². The lowest BCUT2D eigenvalue weighted by Gasteiger charge is -2.15. The fraction of sp³-hybridized carbons (Fsp3) is 0.214. The lowest BCUT2D eigenvalue weighted by molar-refractivity contribution is -0.139. The van der Waals surface area contributed by atoms with E-state index in [0.29, 0.717) is 0 Å². The second-order valence-corrected chi connectivity index (χ2v) is 4.48. The van der Waals surface area contributed by atoms with E-state index in [4.69, 9.17) is 0 Å². The fourth-order valence-corrected chi connectivity index (χ4v) is 1.82. The van der Waals surface area contributed by atoms with E-state index in [1.54, 1.807) is 6.20 Å². The number of rotatable bonds is 6. The van der Waals surface area contributed by atoms with Crippen molar-refractivity contribution in [2.45, 2.75) is 19.0 Å². The summed E-state index contributed by atoms with van der Waals surface area (Å²) in [4.78, 5) is 29.6. The standard InChI is InChI=1S/C14H16N4O3/c19-13(20)12(6-10-4-2-1-3-5-10)18-14(21)16-8-11-7-15-9-17-11/h1-5,7,9,12H,6,8H2,(H,15,17)(H,19,20)(H2,16,18,21)/t12-/m0/s1. The summed E-state index contributed by atoms with van der Waals surface area (Å²) in [5.74, 6) is -1.07. The normalized spacial score (nSPS) is 11.6. The van der Waals surface area contributed by atoms with E-state index in [-0.39, 0.29) is 13.0 Å². The molecule has 4 N–H and O–H groups in total. The highest BCUT2D eigenvalue weighted by Crippen LogP contribution is 2.03. The van der Waals surface area contributed by atoms with Crippen LogP contribution in [0.1, 0.15) is 11.3 Å². The molecule has 0 saturated carbocycles. The Balaban J connectivity index is 1.87. The van der Waals surface area contributed by atoms with Gasteiger partial charge in [0.25, 0.3) is 0 Å². The van der Waals surface area contributed by atoms with Gasteiger partial charge in [0.05, 0.1) is 18.6 Å². The molecular weight excluding hydrogens is 272 g/mol. The summed E-state index contributed by atoms with van der Waals surface area (Å²) in [5.41, 5.74) is 1.58. The average Bonchev–Trinajstić information content (AvgIpc) is 2.99. The molecule has 2 amide bonds. The van der Waals surface area contributed by atoms with Gasteiger partial charge in [-0.1, -0.05) is 30.3 Å². The molecule has 0 saturated heterocycles. The van der Waals surface area contributed by atoms with Crippen molar-refractivity contribution in [2.24, 2.45) is 0 Å². The molecule has 0 fully saturated rings. The van der Waals surface area contributed by atoms with Crippen LogP contribution < -0.4 is 10.6 Å². The molecule has 1 aromatic carbocycles. The average molecular weight is 288 g/mol. The molecule has 21 heavy (non-hydrogen) atoms. The van der Waals surface area contributed by atoms with Crippen molar-refractivity contribution in [1.29, 1.82) is 0 Å². The fourth-order valence-electron chi connectivity index (χ4n) is 1.82. The Kier molecular flexibility index (Phi) is 4.92. The van der Waals surface area contributed by atoms with E-state index in [1.807, 2.05) is 30.3 Å². The van der Waals surface area contributed by atoms with Crippen molar-refractivity contribution in [1.82, 2.24) is 20.6 Å². The molecule has 0 aliphatic carbocycles. The zero-order chi connectivity index (χ0) is 15.1. The predicted octanol–water partition coefficient (Wildman–Crippen LogP) is 0.905. The quantitative estimate of drug-likeness (QED) is 0.633. The highest BCUT2D eigenvalue weighted by Gasteiger charge is 2.20. The number of hydrogen-bond donors (Lipinski definition) is 4. The summed E-state index contributed by atoms with van der Waals surface area (Å²) >= 11 is 0. The maximum Gasteiger partial charge on any atom is 0.326 e. The summed E-state index contributed by atoms with van der Waals surface area (Å²) in [6, 6.07) is 7.63. The summed E-state index contributed by atoms with van der Waals surface area (Å²) in [5, 5.41) is 14.2. The van der Waals surface area contributed by atoms with E-state index in [9.17, 15) is 14.7 Å². The molecule has 0 radical (unpaired) electrons. The van der Waals surface area contributed by atoms with Gasteiger partial charge in [-0.15, -0.1) is 0 Å². The number of carboxylic acid groups (broad SMARTS) is 1. The van der Waals surface area contributed by atoms with Crippen LogP contribution in [-0.4, -0.2) is 33.1 Å². The predicted molar refractivity (Wildman–Crippen MR) is 75.5 cm³/mol. The number of carbonyl (C=O) groups is 2. The van der Waals surface area contributed by atoms with Crippen molar-refractivity contribution in [3.63, 3.8) is 0 Å². The van der Waals surface area contributed by atoms with Crippen LogP contribution in [0.2, 0.25) is 0 Å². The molecule has 2 rings (SSSR count). The van der Waals surface area contributed by atoms with Gasteiger partial charge < -0.3 is 20.7 Å². The summed E-state index contributed by atoms with van der Waals surface area (Å²) in [6.45, 7) is 0.253. The van der Waals surface area contributed by atoms with Crippen molar-refractivity contribution < 1.29 is 14.7 Å². The van der Waals surface area contributed by atoms with Gasteiger partial charge in [0.15, 0.2) is 0 Å². The maximum absolute atomic E-state index is 11.7. The first-order valence-corrected chi connectivity index (χ1v) is 6.43. The largest absolute Gasteiger partial charge is 0.480 e. The van der Waals surface area contributed by atoms with Crippen LogP contribution in [0, 0.1) is 0 Å². The molecule has 110 valence electrons. The van der Waals surface area contributed by atoms with Gasteiger partial charge in [-0.25, -0.2) is 14.6 Å². The second-order valence-electron chi connectivity index (χ2n) is 4.48. The monoisotopic (exact) mass is 288 g/mol. The summed E-state index contributed by atoms with van der Waals surface area (Å²) in [7, 11) is 0. The van der Waals surface area contributed by atoms with Gasteiger partial charge in [0.1, 0.15) is 6.04 Å². The van der Waals surface area contributed by atoms with Gasteiger partial charge in [-0.2, -0.15) is 0 Å². The summed E-state index contributed by atoms with van der Waals surface area (Å²) < 4.78 is 0. The zero-order valence-electron chi connectivity index (χ0n) is 11.2. The number of nitrogens with zero attached hydrogens (tertiary/aromatic N) is 1. The lowest BCUT2D eigenvalue weighted by Crippen LogP contribution is -2.46. The first-order chi connectivity index (χ1) is 10.1. The Hall–Kier alpha value is -2.83. The SMILES string of the molecule is O=C(NCc1cnc[nH]1)N[C@@H](Cc1ccccc1)C(=O)O. The molecule has 7 nitrogen and oxygen atoms in total. The zero-order valence-corrected chi connectivity index (χ0v) is 11.2. The molecule has 1 aromatic heterocycles. The van der Waals surface area contributed by atoms with Crippen molar-refractivity contribution in [3.8, 4) is 0 Å². The molecule has 0 aliphatic heterocycles. The number of aromatic amines is 1. The number of benzene rings is 1. The summed E-state index contributed by atoms with van der Waals surface area (Å²) in [6.07, 6.45) is 3.32. The highest BCUT2D eigenvalue weighted by atomic mass is 16.4. The van der Waals surface area contributed by atoms with E-state index in [0.717, 1.165) is 11.3 Å². The number of carbonyl (C=O) groups excluding carboxylic acids is 1. The highest BCUT2D eigenvalue weighted by molar-refractivity contribution is 5.82. The van der Waals surface area contributed by atoms with Crippen molar-refractivity contribution in [2.75, 3.05) is 0 Å². The molecule has 0 unspecified atom stereocenters. The number of aromatic nitrogens is 2. The first kappa shape index (κ1) is 14.6. The molecule has 7 heteroatoms. The van der Waals surface area contributed by atoms with Crippen LogP contribution >= 0.6 is 0 Å². The minimum atomic E-state index is -1.07. The van der Waals surface area contributed by atoms with Gasteiger partial charge in [-0.05, 0) is 5.56 Å². The van der Waals surface area contributed by atoms with E-state index in [1.165, 1.54) is 6.33 Å². The first-order valence-electron chi connectivity index (χ1n) is 6.43. The smallest absolute Gasteiger partial charge is 0.326 e. The number of hydrogen-bond acceptors (Lipinski definition) is 3. The van der Waals surface area contributed by atoms with Crippen LogP contribution in [0.4, 0.5) is 4.79 Å². The van der Waals surface area contributed by atoms with Crippen LogP contribution in [0.15, 0.2) is 42.9 Å². The Bertz CT molecular complexity index is 584. The van der Waals surface area contributed by atoms with E-state index < -0.39 is 18.0 Å². The molecule has 2 aromatic rings. The van der Waals surface area contributed by atoms with Crippen LogP contribution in [0.5, 0.6) is 0 Å². The van der Waals surface area contributed by atoms with Crippen molar-refractivity contribution >= 4 is 12.0 Å². The second kappa shape index (κ2) is 7.09. The molecule has 1 heterocycles. The van der Waals surface area contributed by atoms with Crippen molar-refractivity contribution in [3.05, 3.63) is 54.1 Å². The van der Waals surface area contributed by atoms with Gasteiger partial charge in [-0.3, -0.25) is 0 Å². The molecule has 0 spiro atoms. The van der Waals surface area contributed by atoms with E-state index in [2.05, 4.69) is 20.6 Å². The topological polar surface area (TPSA) is 107 Å². The van der Waals surface area contributed by atoms with E-state index >= 15 is 0 Å². The number of aliphatic carboxylic acids is 1. The molecule has 0 bridgehead atoms. The number of imidazole rings is 1. The van der Waals surface area contributed by atoms with Gasteiger partial charge in [0.2, 0.25) is 0 Å². The number of carboxylic acids is 1. The Morgan fingerprint density at radius 3 is 2.67 bits per heavy atom. The third-order valence-electron chi connectivity index (χ3n) is 2.88. The Morgan fingerprint density at radius 1 is 1.29 bits per heavy atom. The maximum atomic E-state index is 11.7. The van der Waals surface area contributed by atoms with Crippen LogP contribution in [-0.2, 0) is 17.8 Å². The van der Waals surface area contributed by atoms with Crippen LogP contribution in [0.3, 0.4) is 0 Å². The third kappa shape index (κ3) is 4.64. The Morgan fingerprint density at radius 2 is 2.05 bits per heavy atom. The number of H-pyrrole nitrogens is 1.